The molecule has 1 amide bonds. The lowest BCUT2D eigenvalue weighted by Crippen LogP contribution is -2.52. The van der Waals surface area contributed by atoms with Gasteiger partial charge in [-0.3, -0.25) is 19.3 Å². The van der Waals surface area contributed by atoms with E-state index < -0.39 is 0 Å². The minimum Gasteiger partial charge on any atom is -0.308 e. The quantitative estimate of drug-likeness (QED) is 0.911. The molecule has 1 aliphatic heterocycles. The molecule has 2 aliphatic rings. The van der Waals surface area contributed by atoms with E-state index in [1.807, 2.05) is 19.3 Å². The van der Waals surface area contributed by atoms with Crippen LogP contribution in [0.3, 0.4) is 0 Å². The van der Waals surface area contributed by atoms with Crippen molar-refractivity contribution in [2.24, 2.45) is 7.05 Å². The Balaban J connectivity index is 1.40. The van der Waals surface area contributed by atoms with E-state index in [1.54, 1.807) is 4.68 Å². The zero-order valence-corrected chi connectivity index (χ0v) is 13.5. The number of carbonyl (C=O) groups is 1. The Hall–Kier alpha value is -1.40. The highest BCUT2D eigenvalue weighted by atomic mass is 16.2. The van der Waals surface area contributed by atoms with Crippen LogP contribution in [0.15, 0.2) is 12.3 Å². The van der Waals surface area contributed by atoms with Gasteiger partial charge in [-0.15, -0.1) is 0 Å². The molecule has 2 heterocycles. The van der Waals surface area contributed by atoms with Gasteiger partial charge in [0.25, 0.3) is 0 Å². The first kappa shape index (κ1) is 15.5. The fourth-order valence-corrected chi connectivity index (χ4v) is 3.60. The molecule has 0 unspecified atom stereocenters. The van der Waals surface area contributed by atoms with E-state index in [4.69, 9.17) is 0 Å². The summed E-state index contributed by atoms with van der Waals surface area (Å²) in [6.07, 6.45) is 8.73. The number of carbonyl (C=O) groups excluding carboxylic acids is 1. The van der Waals surface area contributed by atoms with Crippen molar-refractivity contribution < 1.29 is 4.79 Å². The van der Waals surface area contributed by atoms with Crippen LogP contribution in [0, 0.1) is 0 Å². The summed E-state index contributed by atoms with van der Waals surface area (Å²) < 4.78 is 1.69. The Kier molecular flexibility index (Phi) is 5.10. The van der Waals surface area contributed by atoms with Gasteiger partial charge < -0.3 is 5.32 Å². The number of amides is 1. The summed E-state index contributed by atoms with van der Waals surface area (Å²) >= 11 is 0. The molecule has 0 radical (unpaired) electrons. The summed E-state index contributed by atoms with van der Waals surface area (Å²) in [6.45, 7) is 4.65. The van der Waals surface area contributed by atoms with Crippen molar-refractivity contribution in [3.63, 3.8) is 0 Å². The molecular weight excluding hydrogens is 278 g/mol. The number of hydrogen-bond acceptors (Lipinski definition) is 4. The van der Waals surface area contributed by atoms with Crippen molar-refractivity contribution in [1.29, 1.82) is 0 Å². The van der Waals surface area contributed by atoms with Crippen LogP contribution < -0.4 is 5.32 Å². The van der Waals surface area contributed by atoms with Crippen LogP contribution in [0.1, 0.15) is 32.1 Å². The minimum atomic E-state index is 0.0322. The Morgan fingerprint density at radius 1 is 1.23 bits per heavy atom. The molecule has 0 bridgehead atoms. The van der Waals surface area contributed by atoms with E-state index in [2.05, 4.69) is 20.2 Å². The number of nitrogens with zero attached hydrogens (tertiary/aromatic N) is 4. The molecule has 6 nitrogen and oxygen atoms in total. The average molecular weight is 305 g/mol. The molecule has 122 valence electrons. The third-order valence-electron chi connectivity index (χ3n) is 4.85. The van der Waals surface area contributed by atoms with Crippen LogP contribution in [-0.2, 0) is 11.8 Å². The number of aryl methyl sites for hydroxylation is 1. The minimum absolute atomic E-state index is 0.0322. The normalized spacial score (nSPS) is 21.9. The van der Waals surface area contributed by atoms with Crippen molar-refractivity contribution >= 4 is 11.7 Å². The molecule has 3 rings (SSSR count). The predicted molar refractivity (Wildman–Crippen MR) is 86.7 cm³/mol. The SMILES string of the molecule is Cn1ccc(NC(=O)CN2CCN(C3CCCCC3)CC2)n1. The molecule has 1 aliphatic carbocycles. The molecular formula is C16H27N5O. The summed E-state index contributed by atoms with van der Waals surface area (Å²) in [7, 11) is 1.85. The molecule has 1 aromatic rings. The Labute approximate surface area is 132 Å². The fourth-order valence-electron chi connectivity index (χ4n) is 3.60. The molecule has 0 atom stereocenters. The predicted octanol–water partition coefficient (Wildman–Crippen LogP) is 1.31. The van der Waals surface area contributed by atoms with E-state index >= 15 is 0 Å². The molecule has 1 saturated carbocycles. The van der Waals surface area contributed by atoms with Crippen LogP contribution in [0.5, 0.6) is 0 Å². The molecule has 0 spiro atoms. The van der Waals surface area contributed by atoms with Crippen molar-refractivity contribution in [3.8, 4) is 0 Å². The number of anilines is 1. The molecule has 22 heavy (non-hydrogen) atoms. The van der Waals surface area contributed by atoms with Gasteiger partial charge in [0.2, 0.25) is 5.91 Å². The summed E-state index contributed by atoms with van der Waals surface area (Å²) in [6, 6.07) is 2.61. The van der Waals surface area contributed by atoms with Crippen LogP contribution in [0.25, 0.3) is 0 Å². The maximum absolute atomic E-state index is 12.1. The maximum Gasteiger partial charge on any atom is 0.239 e. The van der Waals surface area contributed by atoms with E-state index in [-0.39, 0.29) is 5.91 Å². The van der Waals surface area contributed by atoms with Crippen molar-refractivity contribution in [2.75, 3.05) is 38.0 Å². The van der Waals surface area contributed by atoms with Gasteiger partial charge in [0, 0.05) is 51.5 Å². The Morgan fingerprint density at radius 2 is 1.95 bits per heavy atom. The van der Waals surface area contributed by atoms with Crippen molar-refractivity contribution in [2.45, 2.75) is 38.1 Å². The van der Waals surface area contributed by atoms with Crippen LogP contribution >= 0.6 is 0 Å². The maximum atomic E-state index is 12.1. The third-order valence-corrected chi connectivity index (χ3v) is 4.85. The van der Waals surface area contributed by atoms with Gasteiger partial charge in [0.1, 0.15) is 0 Å². The number of piperazine rings is 1. The highest BCUT2D eigenvalue weighted by molar-refractivity contribution is 5.91. The monoisotopic (exact) mass is 305 g/mol. The van der Waals surface area contributed by atoms with E-state index in [1.165, 1.54) is 32.1 Å². The van der Waals surface area contributed by atoms with Gasteiger partial charge in [0.15, 0.2) is 5.82 Å². The molecule has 1 saturated heterocycles. The Morgan fingerprint density at radius 3 is 2.59 bits per heavy atom. The fraction of sp³-hybridized carbons (Fsp3) is 0.750. The van der Waals surface area contributed by atoms with Gasteiger partial charge in [0.05, 0.1) is 6.54 Å². The van der Waals surface area contributed by atoms with Crippen molar-refractivity contribution in [3.05, 3.63) is 12.3 Å². The zero-order chi connectivity index (χ0) is 15.4. The molecule has 1 aromatic heterocycles. The van der Waals surface area contributed by atoms with Gasteiger partial charge in [-0.25, -0.2) is 0 Å². The Bertz CT molecular complexity index is 486. The van der Waals surface area contributed by atoms with Gasteiger partial charge >= 0.3 is 0 Å². The summed E-state index contributed by atoms with van der Waals surface area (Å²) in [5, 5.41) is 7.03. The topological polar surface area (TPSA) is 53.4 Å². The molecule has 2 fully saturated rings. The van der Waals surface area contributed by atoms with Gasteiger partial charge in [-0.2, -0.15) is 5.10 Å². The third kappa shape index (κ3) is 4.08. The summed E-state index contributed by atoms with van der Waals surface area (Å²) in [5.41, 5.74) is 0. The lowest BCUT2D eigenvalue weighted by molar-refractivity contribution is -0.117. The standard InChI is InChI=1S/C16H27N5O/c1-19-8-7-15(18-19)17-16(22)13-20-9-11-21(12-10-20)14-5-3-2-4-6-14/h7-8,14H,2-6,9-13H2,1H3,(H,17,18,22). The second-order valence-electron chi connectivity index (χ2n) is 6.53. The van der Waals surface area contributed by atoms with Gasteiger partial charge in [-0.1, -0.05) is 19.3 Å². The molecule has 0 aromatic carbocycles. The second kappa shape index (κ2) is 7.24. The van der Waals surface area contributed by atoms with Crippen LogP contribution in [0.4, 0.5) is 5.82 Å². The number of aromatic nitrogens is 2. The van der Waals surface area contributed by atoms with E-state index in [0.717, 1.165) is 32.2 Å². The van der Waals surface area contributed by atoms with Crippen LogP contribution in [0.2, 0.25) is 0 Å². The lowest BCUT2D eigenvalue weighted by atomic mass is 9.94. The smallest absolute Gasteiger partial charge is 0.239 e. The summed E-state index contributed by atoms with van der Waals surface area (Å²) in [4.78, 5) is 16.9. The lowest BCUT2D eigenvalue weighted by Gasteiger charge is -2.40. The number of rotatable bonds is 4. The highest BCUT2D eigenvalue weighted by Gasteiger charge is 2.25. The molecule has 1 N–H and O–H groups in total. The summed E-state index contributed by atoms with van der Waals surface area (Å²) in [5.74, 6) is 0.665. The largest absolute Gasteiger partial charge is 0.308 e. The highest BCUT2D eigenvalue weighted by Crippen LogP contribution is 2.23. The van der Waals surface area contributed by atoms with E-state index in [9.17, 15) is 4.79 Å². The zero-order valence-electron chi connectivity index (χ0n) is 13.5. The van der Waals surface area contributed by atoms with Crippen LogP contribution in [-0.4, -0.2) is 64.3 Å². The number of hydrogen-bond donors (Lipinski definition) is 1. The first-order chi connectivity index (χ1) is 10.7. The first-order valence-corrected chi connectivity index (χ1v) is 8.46. The van der Waals surface area contributed by atoms with Gasteiger partial charge in [-0.05, 0) is 12.8 Å². The average Bonchev–Trinajstić information content (AvgIpc) is 2.94. The first-order valence-electron chi connectivity index (χ1n) is 8.46. The van der Waals surface area contributed by atoms with Crippen molar-refractivity contribution in [1.82, 2.24) is 19.6 Å². The second-order valence-corrected chi connectivity index (χ2v) is 6.53. The molecule has 6 heteroatoms. The van der Waals surface area contributed by atoms with E-state index in [0.29, 0.717) is 12.4 Å². The number of nitrogens with one attached hydrogen (secondary N) is 1.